The SMILES string of the molecule is C[C@H]1CCCC[C@H]1OC(=O)N1c2ccccc2C[C@@H]1C(=O)N1[C@@H](C(=O)N2Cc3ccccc3C[C@@H]2C(=O)O)CC[C@H]1c1ccccc1. The summed E-state index contributed by atoms with van der Waals surface area (Å²) in [4.78, 5) is 60.6. The molecule has 244 valence electrons. The van der Waals surface area contributed by atoms with Gasteiger partial charge in [-0.3, -0.25) is 14.5 Å². The fourth-order valence-electron chi connectivity index (χ4n) is 8.15. The van der Waals surface area contributed by atoms with Crippen LogP contribution in [0.5, 0.6) is 0 Å². The molecular formula is C38H41N3O6. The van der Waals surface area contributed by atoms with E-state index in [1.54, 1.807) is 4.90 Å². The van der Waals surface area contributed by atoms with Gasteiger partial charge in [-0.05, 0) is 66.3 Å². The average molecular weight is 636 g/mol. The van der Waals surface area contributed by atoms with Crippen molar-refractivity contribution in [1.29, 1.82) is 0 Å². The van der Waals surface area contributed by atoms with Crippen molar-refractivity contribution in [2.45, 2.75) is 95.1 Å². The molecule has 3 amide bonds. The van der Waals surface area contributed by atoms with Gasteiger partial charge < -0.3 is 19.6 Å². The second-order valence-corrected chi connectivity index (χ2v) is 13.5. The number of anilines is 1. The molecule has 0 bridgehead atoms. The summed E-state index contributed by atoms with van der Waals surface area (Å²) < 4.78 is 6.12. The van der Waals surface area contributed by atoms with Gasteiger partial charge in [-0.2, -0.15) is 0 Å². The number of fused-ring (bicyclic) bond motifs is 2. The summed E-state index contributed by atoms with van der Waals surface area (Å²) in [5, 5.41) is 10.2. The number of aliphatic carboxylic acids is 1. The number of hydrogen-bond acceptors (Lipinski definition) is 5. The summed E-state index contributed by atoms with van der Waals surface area (Å²) in [6.45, 7) is 2.26. The summed E-state index contributed by atoms with van der Waals surface area (Å²) in [6.07, 6.45) is 4.58. The van der Waals surface area contributed by atoms with Gasteiger partial charge in [0, 0.05) is 19.4 Å². The van der Waals surface area contributed by atoms with Crippen LogP contribution in [0.4, 0.5) is 10.5 Å². The standard InChI is InChI=1S/C38H41N3O6/c1-24-11-5-10-18-34(24)47-38(46)41-29-17-9-8-15-27(29)22-32(41)36(43)40-30(25-12-3-2-4-13-25)19-20-31(40)35(42)39-23-28-16-7-6-14-26(28)21-33(39)37(44)45/h2-4,6-9,12-17,24,30-34H,5,10-11,18-23H2,1H3,(H,44,45)/t24-,30-,31+,32+,33+,34+/m0/s1. The molecule has 0 unspecified atom stereocenters. The smallest absolute Gasteiger partial charge is 0.415 e. The maximum absolute atomic E-state index is 15.0. The first-order chi connectivity index (χ1) is 22.8. The maximum Gasteiger partial charge on any atom is 0.415 e. The van der Waals surface area contributed by atoms with Crippen molar-refractivity contribution in [3.8, 4) is 0 Å². The van der Waals surface area contributed by atoms with Crippen LogP contribution in [-0.4, -0.2) is 63.0 Å². The van der Waals surface area contributed by atoms with Gasteiger partial charge in [-0.1, -0.05) is 86.1 Å². The van der Waals surface area contributed by atoms with Crippen LogP contribution in [-0.2, 0) is 38.5 Å². The molecule has 7 rings (SSSR count). The van der Waals surface area contributed by atoms with E-state index in [2.05, 4.69) is 6.92 Å². The number of hydrogen-bond donors (Lipinski definition) is 1. The molecule has 2 fully saturated rings. The molecule has 6 atom stereocenters. The van der Waals surface area contributed by atoms with Gasteiger partial charge in [0.25, 0.3) is 0 Å². The third-order valence-electron chi connectivity index (χ3n) is 10.7. The van der Waals surface area contributed by atoms with Crippen LogP contribution < -0.4 is 4.90 Å². The Balaban J connectivity index is 1.23. The molecule has 0 radical (unpaired) electrons. The number of para-hydroxylation sites is 1. The van der Waals surface area contributed by atoms with E-state index < -0.39 is 36.2 Å². The Hall–Kier alpha value is -4.66. The number of benzene rings is 3. The highest BCUT2D eigenvalue weighted by molar-refractivity contribution is 6.02. The van der Waals surface area contributed by atoms with E-state index in [9.17, 15) is 24.3 Å². The zero-order valence-corrected chi connectivity index (χ0v) is 26.7. The van der Waals surface area contributed by atoms with Crippen molar-refractivity contribution in [2.24, 2.45) is 5.92 Å². The number of carbonyl (C=O) groups excluding carboxylic acids is 3. The van der Waals surface area contributed by atoms with Crippen molar-refractivity contribution in [2.75, 3.05) is 4.90 Å². The lowest BCUT2D eigenvalue weighted by atomic mass is 9.88. The summed E-state index contributed by atoms with van der Waals surface area (Å²) in [5.41, 5.74) is 4.24. The Morgan fingerprint density at radius 3 is 2.11 bits per heavy atom. The summed E-state index contributed by atoms with van der Waals surface area (Å²) >= 11 is 0. The van der Waals surface area contributed by atoms with E-state index in [4.69, 9.17) is 4.74 Å². The fraction of sp³-hybridized carbons (Fsp3) is 0.421. The van der Waals surface area contributed by atoms with E-state index in [0.29, 0.717) is 24.9 Å². The second-order valence-electron chi connectivity index (χ2n) is 13.5. The molecule has 47 heavy (non-hydrogen) atoms. The monoisotopic (exact) mass is 635 g/mol. The largest absolute Gasteiger partial charge is 0.480 e. The number of ether oxygens (including phenoxy) is 1. The van der Waals surface area contributed by atoms with Gasteiger partial charge in [0.15, 0.2) is 0 Å². The highest BCUT2D eigenvalue weighted by atomic mass is 16.6. The summed E-state index contributed by atoms with van der Waals surface area (Å²) in [7, 11) is 0. The first kappa shape index (κ1) is 31.0. The van der Waals surface area contributed by atoms with Gasteiger partial charge in [0.05, 0.1) is 11.7 Å². The number of carboxylic acids is 1. The molecule has 1 saturated heterocycles. The highest BCUT2D eigenvalue weighted by Gasteiger charge is 2.50. The molecule has 3 aromatic rings. The van der Waals surface area contributed by atoms with Crippen LogP contribution >= 0.6 is 0 Å². The number of carbonyl (C=O) groups is 4. The van der Waals surface area contributed by atoms with E-state index in [0.717, 1.165) is 47.9 Å². The molecule has 3 aliphatic heterocycles. The van der Waals surface area contributed by atoms with Crippen molar-refractivity contribution in [1.82, 2.24) is 9.80 Å². The first-order valence-electron chi connectivity index (χ1n) is 16.9. The zero-order valence-electron chi connectivity index (χ0n) is 26.7. The molecule has 1 N–H and O–H groups in total. The van der Waals surface area contributed by atoms with Crippen LogP contribution in [0.25, 0.3) is 0 Å². The molecule has 9 nitrogen and oxygen atoms in total. The second kappa shape index (κ2) is 12.9. The Kier molecular flexibility index (Phi) is 8.47. The quantitative estimate of drug-likeness (QED) is 0.374. The van der Waals surface area contributed by atoms with Gasteiger partial charge >= 0.3 is 12.1 Å². The average Bonchev–Trinajstić information content (AvgIpc) is 3.71. The highest BCUT2D eigenvalue weighted by Crippen LogP contribution is 2.42. The number of rotatable bonds is 5. The molecule has 0 aromatic heterocycles. The summed E-state index contributed by atoms with van der Waals surface area (Å²) in [5.74, 6) is -1.54. The Bertz CT molecular complexity index is 1680. The van der Waals surface area contributed by atoms with Crippen LogP contribution in [0.2, 0.25) is 0 Å². The van der Waals surface area contributed by atoms with Crippen LogP contribution in [0, 0.1) is 5.92 Å². The van der Waals surface area contributed by atoms with E-state index >= 15 is 0 Å². The van der Waals surface area contributed by atoms with Gasteiger partial charge in [-0.25, -0.2) is 9.59 Å². The molecule has 3 aromatic carbocycles. The lowest BCUT2D eigenvalue weighted by Gasteiger charge is -2.40. The Labute approximate surface area is 275 Å². The number of amides is 3. The van der Waals surface area contributed by atoms with Crippen LogP contribution in [0.1, 0.15) is 73.7 Å². The lowest BCUT2D eigenvalue weighted by Crippen LogP contribution is -2.58. The number of likely N-dealkylation sites (tertiary alicyclic amines) is 1. The van der Waals surface area contributed by atoms with Crippen molar-refractivity contribution in [3.63, 3.8) is 0 Å². The van der Waals surface area contributed by atoms with E-state index in [-0.39, 0.29) is 36.8 Å². The minimum atomic E-state index is -1.07. The predicted octanol–water partition coefficient (Wildman–Crippen LogP) is 5.90. The Morgan fingerprint density at radius 2 is 1.36 bits per heavy atom. The molecular weight excluding hydrogens is 594 g/mol. The normalized spacial score (nSPS) is 26.8. The predicted molar refractivity (Wildman–Crippen MR) is 175 cm³/mol. The fourth-order valence-corrected chi connectivity index (χ4v) is 8.15. The van der Waals surface area contributed by atoms with Gasteiger partial charge in [0.1, 0.15) is 24.2 Å². The molecule has 9 heteroatoms. The van der Waals surface area contributed by atoms with Crippen molar-refractivity contribution in [3.05, 3.63) is 101 Å². The third-order valence-corrected chi connectivity index (χ3v) is 10.7. The minimum Gasteiger partial charge on any atom is -0.480 e. The number of carboxylic acid groups (broad SMARTS) is 1. The maximum atomic E-state index is 15.0. The number of nitrogens with zero attached hydrogens (tertiary/aromatic N) is 3. The van der Waals surface area contributed by atoms with Crippen LogP contribution in [0.15, 0.2) is 78.9 Å². The molecule has 1 aliphatic carbocycles. The third kappa shape index (κ3) is 5.77. The molecule has 0 spiro atoms. The molecule has 4 aliphatic rings. The van der Waals surface area contributed by atoms with Gasteiger partial charge in [0.2, 0.25) is 11.8 Å². The molecule has 1 saturated carbocycles. The van der Waals surface area contributed by atoms with Gasteiger partial charge in [-0.15, -0.1) is 0 Å². The van der Waals surface area contributed by atoms with Crippen LogP contribution in [0.3, 0.4) is 0 Å². The van der Waals surface area contributed by atoms with Crippen molar-refractivity contribution < 1.29 is 29.0 Å². The van der Waals surface area contributed by atoms with E-state index in [1.807, 2.05) is 78.9 Å². The zero-order chi connectivity index (χ0) is 32.7. The van der Waals surface area contributed by atoms with Crippen molar-refractivity contribution >= 4 is 29.6 Å². The van der Waals surface area contributed by atoms with E-state index in [1.165, 1.54) is 9.80 Å². The molecule has 3 heterocycles. The Morgan fingerprint density at radius 1 is 0.702 bits per heavy atom. The summed E-state index contributed by atoms with van der Waals surface area (Å²) in [6, 6.07) is 21.5. The topological polar surface area (TPSA) is 107 Å². The lowest BCUT2D eigenvalue weighted by molar-refractivity contribution is -0.155. The first-order valence-corrected chi connectivity index (χ1v) is 16.9. The minimum absolute atomic E-state index is 0.160.